The second-order valence-electron chi connectivity index (χ2n) is 7.63. The number of benzene rings is 1. The second kappa shape index (κ2) is 7.15. The Morgan fingerprint density at radius 1 is 1.32 bits per heavy atom. The van der Waals surface area contributed by atoms with E-state index in [1.807, 2.05) is 4.90 Å². The summed E-state index contributed by atoms with van der Waals surface area (Å²) in [5.41, 5.74) is 1.53. The summed E-state index contributed by atoms with van der Waals surface area (Å²) in [6.07, 6.45) is 4.84. The summed E-state index contributed by atoms with van der Waals surface area (Å²) < 4.78 is 10.8. The van der Waals surface area contributed by atoms with E-state index in [4.69, 9.17) is 9.15 Å². The molecule has 28 heavy (non-hydrogen) atoms. The van der Waals surface area contributed by atoms with Crippen LogP contribution >= 0.6 is 0 Å². The number of rotatable bonds is 5. The monoisotopic (exact) mass is 381 g/mol. The number of anilines is 1. The van der Waals surface area contributed by atoms with Crippen LogP contribution in [-0.4, -0.2) is 47.2 Å². The summed E-state index contributed by atoms with van der Waals surface area (Å²) in [5.74, 6) is 0.805. The molecule has 8 heteroatoms. The van der Waals surface area contributed by atoms with Crippen LogP contribution in [0.4, 0.5) is 6.01 Å². The molecule has 1 N–H and O–H groups in total. The molecule has 8 nitrogen and oxygen atoms in total. The molecule has 1 aliphatic carbocycles. The summed E-state index contributed by atoms with van der Waals surface area (Å²) in [6.45, 7) is 3.44. The number of nitrogens with one attached hydrogen (secondary N) is 1. The zero-order valence-electron chi connectivity index (χ0n) is 16.1. The Hall–Kier alpha value is -3.08. The van der Waals surface area contributed by atoms with E-state index in [9.17, 15) is 10.1 Å². The first kappa shape index (κ1) is 18.3. The maximum Gasteiger partial charge on any atom is 0.316 e. The minimum Gasteiger partial charge on any atom is -0.495 e. The number of methoxy groups -OCH3 is 1. The number of aromatic nitrogens is 2. The van der Waals surface area contributed by atoms with Crippen molar-refractivity contribution in [2.24, 2.45) is 5.41 Å². The van der Waals surface area contributed by atoms with Crippen molar-refractivity contribution in [2.45, 2.75) is 38.6 Å². The average Bonchev–Trinajstić information content (AvgIpc) is 3.31. The Balaban J connectivity index is 1.40. The minimum absolute atomic E-state index is 0.0477. The predicted octanol–water partition coefficient (Wildman–Crippen LogP) is 2.82. The third-order valence-corrected chi connectivity index (χ3v) is 5.80. The van der Waals surface area contributed by atoms with Crippen molar-refractivity contribution in [3.63, 3.8) is 0 Å². The Labute approximate surface area is 163 Å². The fourth-order valence-electron chi connectivity index (χ4n) is 3.73. The molecule has 0 bridgehead atoms. The fraction of sp³-hybridized carbons (Fsp3) is 0.500. The van der Waals surface area contributed by atoms with Crippen molar-refractivity contribution in [2.75, 3.05) is 25.5 Å². The van der Waals surface area contributed by atoms with E-state index < -0.39 is 6.04 Å². The predicted molar refractivity (Wildman–Crippen MR) is 102 cm³/mol. The topological polar surface area (TPSA) is 104 Å². The van der Waals surface area contributed by atoms with E-state index in [1.54, 1.807) is 25.1 Å². The number of hydrogen-bond donors (Lipinski definition) is 1. The average molecular weight is 381 g/mol. The van der Waals surface area contributed by atoms with Gasteiger partial charge in [-0.15, -0.1) is 5.10 Å². The van der Waals surface area contributed by atoms with Crippen molar-refractivity contribution in [3.05, 3.63) is 23.8 Å². The van der Waals surface area contributed by atoms with Gasteiger partial charge in [-0.3, -0.25) is 4.79 Å². The van der Waals surface area contributed by atoms with E-state index in [2.05, 4.69) is 21.6 Å². The summed E-state index contributed by atoms with van der Waals surface area (Å²) in [7, 11) is 1.51. The number of likely N-dealkylation sites (tertiary alicyclic amines) is 1. The molecule has 1 atom stereocenters. The van der Waals surface area contributed by atoms with Crippen LogP contribution in [0.3, 0.4) is 0 Å². The van der Waals surface area contributed by atoms with Gasteiger partial charge in [-0.25, -0.2) is 0 Å². The number of carbonyl (C=O) groups excluding carboxylic acids is 1. The first-order valence-corrected chi connectivity index (χ1v) is 9.51. The van der Waals surface area contributed by atoms with Crippen LogP contribution in [0.5, 0.6) is 5.75 Å². The normalized spacial score (nSPS) is 18.4. The molecule has 2 aliphatic rings. The maximum absolute atomic E-state index is 12.7. The standard InChI is InChI=1S/C20H23N5O3/c1-13(18(26)25-9-7-20(5-6-20)8-10-25)22-19-24-23-17(28-19)14-3-4-16(27-2)15(11-14)12-21/h3-4,11,13H,5-10H2,1-2H3,(H,22,24)/t13-/m1/s1. The summed E-state index contributed by atoms with van der Waals surface area (Å²) in [6, 6.07) is 6.86. The van der Waals surface area contributed by atoms with Crippen molar-refractivity contribution in [1.82, 2.24) is 15.1 Å². The second-order valence-corrected chi connectivity index (χ2v) is 7.63. The van der Waals surface area contributed by atoms with Crippen LogP contribution in [0.15, 0.2) is 22.6 Å². The van der Waals surface area contributed by atoms with Gasteiger partial charge in [-0.1, -0.05) is 5.10 Å². The van der Waals surface area contributed by atoms with E-state index in [0.29, 0.717) is 22.3 Å². The Morgan fingerprint density at radius 3 is 2.71 bits per heavy atom. The van der Waals surface area contributed by atoms with Gasteiger partial charge in [0.2, 0.25) is 11.8 Å². The van der Waals surface area contributed by atoms with Gasteiger partial charge in [0.05, 0.1) is 12.7 Å². The lowest BCUT2D eigenvalue weighted by Crippen LogP contribution is -2.45. The largest absolute Gasteiger partial charge is 0.495 e. The van der Waals surface area contributed by atoms with Gasteiger partial charge in [-0.2, -0.15) is 5.26 Å². The lowest BCUT2D eigenvalue weighted by Gasteiger charge is -2.33. The number of carbonyl (C=O) groups is 1. The highest BCUT2D eigenvalue weighted by Gasteiger charge is 2.45. The molecule has 2 fully saturated rings. The molecular weight excluding hydrogens is 358 g/mol. The van der Waals surface area contributed by atoms with Crippen molar-refractivity contribution < 1.29 is 13.9 Å². The maximum atomic E-state index is 12.7. The first-order chi connectivity index (χ1) is 13.5. The SMILES string of the molecule is COc1ccc(-c2nnc(N[C@H](C)C(=O)N3CCC4(CC3)CC4)o2)cc1C#N. The quantitative estimate of drug-likeness (QED) is 0.849. The molecule has 1 spiro atoms. The molecule has 2 heterocycles. The highest BCUT2D eigenvalue weighted by molar-refractivity contribution is 5.83. The van der Waals surface area contributed by atoms with E-state index >= 15 is 0 Å². The van der Waals surface area contributed by atoms with E-state index in [0.717, 1.165) is 25.9 Å². The number of amides is 1. The third kappa shape index (κ3) is 3.52. The van der Waals surface area contributed by atoms with E-state index in [-0.39, 0.29) is 17.8 Å². The number of nitrogens with zero attached hydrogens (tertiary/aromatic N) is 4. The van der Waals surface area contributed by atoms with Crippen LogP contribution in [-0.2, 0) is 4.79 Å². The van der Waals surface area contributed by atoms with Gasteiger partial charge in [0.25, 0.3) is 0 Å². The summed E-state index contributed by atoms with van der Waals surface area (Å²) >= 11 is 0. The molecule has 1 saturated heterocycles. The molecule has 1 aromatic heterocycles. The van der Waals surface area contributed by atoms with Crippen LogP contribution in [0.1, 0.15) is 38.2 Å². The van der Waals surface area contributed by atoms with Gasteiger partial charge >= 0.3 is 6.01 Å². The minimum atomic E-state index is -0.452. The van der Waals surface area contributed by atoms with Crippen LogP contribution in [0.2, 0.25) is 0 Å². The van der Waals surface area contributed by atoms with Crippen molar-refractivity contribution in [3.8, 4) is 23.3 Å². The van der Waals surface area contributed by atoms with Crippen LogP contribution in [0.25, 0.3) is 11.5 Å². The Kier molecular flexibility index (Phi) is 4.67. The Morgan fingerprint density at radius 2 is 2.07 bits per heavy atom. The van der Waals surface area contributed by atoms with Gasteiger partial charge in [0.1, 0.15) is 17.9 Å². The number of piperidine rings is 1. The van der Waals surface area contributed by atoms with Gasteiger partial charge in [0, 0.05) is 18.7 Å². The summed E-state index contributed by atoms with van der Waals surface area (Å²) in [4.78, 5) is 14.6. The summed E-state index contributed by atoms with van der Waals surface area (Å²) in [5, 5.41) is 20.2. The van der Waals surface area contributed by atoms with Gasteiger partial charge in [0.15, 0.2) is 0 Å². The highest BCUT2D eigenvalue weighted by Crippen LogP contribution is 2.53. The molecule has 1 aliphatic heterocycles. The molecule has 1 amide bonds. The molecule has 0 unspecified atom stereocenters. The number of nitriles is 1. The molecule has 1 aromatic carbocycles. The number of hydrogen-bond acceptors (Lipinski definition) is 7. The molecule has 4 rings (SSSR count). The Bertz CT molecular complexity index is 918. The van der Waals surface area contributed by atoms with Crippen LogP contribution in [0, 0.1) is 16.7 Å². The lowest BCUT2D eigenvalue weighted by atomic mass is 9.93. The fourth-order valence-corrected chi connectivity index (χ4v) is 3.73. The molecule has 1 saturated carbocycles. The first-order valence-electron chi connectivity index (χ1n) is 9.51. The molecule has 2 aromatic rings. The van der Waals surface area contributed by atoms with E-state index in [1.165, 1.54) is 20.0 Å². The molecular formula is C20H23N5O3. The zero-order valence-corrected chi connectivity index (χ0v) is 16.1. The zero-order chi connectivity index (χ0) is 19.7. The highest BCUT2D eigenvalue weighted by atomic mass is 16.5. The molecule has 146 valence electrons. The lowest BCUT2D eigenvalue weighted by molar-refractivity contribution is -0.133. The van der Waals surface area contributed by atoms with Crippen molar-refractivity contribution >= 4 is 11.9 Å². The van der Waals surface area contributed by atoms with Gasteiger partial charge in [-0.05, 0) is 56.2 Å². The van der Waals surface area contributed by atoms with Crippen molar-refractivity contribution in [1.29, 1.82) is 5.26 Å². The smallest absolute Gasteiger partial charge is 0.316 e. The molecule has 0 radical (unpaired) electrons. The van der Waals surface area contributed by atoms with Gasteiger partial charge < -0.3 is 19.4 Å². The third-order valence-electron chi connectivity index (χ3n) is 5.80. The number of ether oxygens (including phenoxy) is 1. The van der Waals surface area contributed by atoms with Crippen LogP contribution < -0.4 is 10.1 Å².